The molecule has 3 rings (SSSR count). The van der Waals surface area contributed by atoms with Crippen molar-refractivity contribution in [3.05, 3.63) is 72.4 Å². The minimum Gasteiger partial charge on any atom is -0.496 e. The summed E-state index contributed by atoms with van der Waals surface area (Å²) in [5.41, 5.74) is 3.03. The van der Waals surface area contributed by atoms with Crippen LogP contribution in [0.4, 0.5) is 11.5 Å². The molecule has 122 valence electrons. The lowest BCUT2D eigenvalue weighted by Gasteiger charge is -2.13. The molecule has 3 N–H and O–H groups in total. The first-order valence-corrected chi connectivity index (χ1v) is 7.50. The molecule has 1 heterocycles. The van der Waals surface area contributed by atoms with Gasteiger partial charge in [0.05, 0.1) is 7.11 Å². The minimum atomic E-state index is -1.59. The van der Waals surface area contributed by atoms with Crippen LogP contribution in [0.15, 0.2) is 66.9 Å². The van der Waals surface area contributed by atoms with Crippen molar-refractivity contribution in [3.63, 3.8) is 0 Å². The fourth-order valence-electron chi connectivity index (χ4n) is 2.46. The van der Waals surface area contributed by atoms with Gasteiger partial charge in [-0.05, 0) is 47.5 Å². The van der Waals surface area contributed by atoms with Gasteiger partial charge in [-0.25, -0.2) is 4.98 Å². The van der Waals surface area contributed by atoms with Crippen molar-refractivity contribution in [1.82, 2.24) is 4.98 Å². The molecule has 0 spiro atoms. The predicted octanol–water partition coefficient (Wildman–Crippen LogP) is 3.48. The molecule has 0 radical (unpaired) electrons. The fraction of sp³-hybridized carbons (Fsp3) is 0.105. The molecule has 0 saturated carbocycles. The smallest absolute Gasteiger partial charge is 0.182 e. The Bertz CT molecular complexity index is 820. The molecule has 0 aliphatic rings. The van der Waals surface area contributed by atoms with E-state index in [4.69, 9.17) is 4.74 Å². The Hall–Kier alpha value is -2.89. The Balaban J connectivity index is 1.93. The quantitative estimate of drug-likeness (QED) is 0.627. The highest BCUT2D eigenvalue weighted by atomic mass is 16.5. The van der Waals surface area contributed by atoms with Crippen LogP contribution in [0.25, 0.3) is 11.1 Å². The van der Waals surface area contributed by atoms with Gasteiger partial charge in [0.25, 0.3) is 0 Å². The summed E-state index contributed by atoms with van der Waals surface area (Å²) in [4.78, 5) is 4.32. The van der Waals surface area contributed by atoms with Crippen LogP contribution >= 0.6 is 0 Å². The van der Waals surface area contributed by atoms with E-state index in [1.54, 1.807) is 18.3 Å². The number of hydrogen-bond donors (Lipinski definition) is 3. The number of nitrogens with one attached hydrogen (secondary N) is 1. The van der Waals surface area contributed by atoms with Crippen molar-refractivity contribution >= 4 is 11.5 Å². The normalized spacial score (nSPS) is 10.7. The lowest BCUT2D eigenvalue weighted by Crippen LogP contribution is -1.99. The van der Waals surface area contributed by atoms with Crippen molar-refractivity contribution in [1.29, 1.82) is 0 Å². The number of nitrogens with zero attached hydrogens (tertiary/aromatic N) is 1. The van der Waals surface area contributed by atoms with Crippen molar-refractivity contribution in [3.8, 4) is 16.9 Å². The third kappa shape index (κ3) is 3.53. The van der Waals surface area contributed by atoms with E-state index in [1.165, 1.54) is 7.11 Å². The second-order valence-corrected chi connectivity index (χ2v) is 5.25. The zero-order valence-electron chi connectivity index (χ0n) is 13.2. The maximum absolute atomic E-state index is 9.51. The van der Waals surface area contributed by atoms with E-state index in [0.29, 0.717) is 17.1 Å². The number of aromatic nitrogens is 1. The molecule has 5 nitrogen and oxygen atoms in total. The van der Waals surface area contributed by atoms with Gasteiger partial charge >= 0.3 is 0 Å². The number of pyridine rings is 1. The van der Waals surface area contributed by atoms with Crippen LogP contribution in [-0.2, 0) is 0 Å². The second-order valence-electron chi connectivity index (χ2n) is 5.25. The van der Waals surface area contributed by atoms with E-state index >= 15 is 0 Å². The number of aliphatic hydroxyl groups is 2. The van der Waals surface area contributed by atoms with Gasteiger partial charge in [-0.3, -0.25) is 0 Å². The van der Waals surface area contributed by atoms with Gasteiger partial charge in [-0.1, -0.05) is 24.3 Å². The van der Waals surface area contributed by atoms with Crippen LogP contribution in [-0.4, -0.2) is 22.3 Å². The molecule has 0 bridgehead atoms. The molecule has 0 unspecified atom stereocenters. The van der Waals surface area contributed by atoms with Gasteiger partial charge in [0.1, 0.15) is 11.6 Å². The van der Waals surface area contributed by atoms with Crippen LogP contribution in [0.1, 0.15) is 11.9 Å². The summed E-state index contributed by atoms with van der Waals surface area (Å²) in [6.45, 7) is 0. The second kappa shape index (κ2) is 7.12. The summed E-state index contributed by atoms with van der Waals surface area (Å²) in [6, 6.07) is 18.8. The molecular formula is C19H18N2O3. The molecule has 0 fully saturated rings. The van der Waals surface area contributed by atoms with E-state index in [2.05, 4.69) is 10.3 Å². The van der Waals surface area contributed by atoms with E-state index in [0.717, 1.165) is 16.8 Å². The topological polar surface area (TPSA) is 74.6 Å². The van der Waals surface area contributed by atoms with Crippen molar-refractivity contribution < 1.29 is 14.9 Å². The summed E-state index contributed by atoms with van der Waals surface area (Å²) < 4.78 is 5.16. The number of methoxy groups -OCH3 is 1. The Morgan fingerprint density at radius 3 is 2.42 bits per heavy atom. The molecule has 1 aromatic heterocycles. The third-order valence-electron chi connectivity index (χ3n) is 3.65. The Labute approximate surface area is 140 Å². The summed E-state index contributed by atoms with van der Waals surface area (Å²) in [5, 5.41) is 22.3. The van der Waals surface area contributed by atoms with Crippen LogP contribution < -0.4 is 10.1 Å². The lowest BCUT2D eigenvalue weighted by atomic mass is 10.0. The molecule has 24 heavy (non-hydrogen) atoms. The highest BCUT2D eigenvalue weighted by Gasteiger charge is 2.12. The highest BCUT2D eigenvalue weighted by Crippen LogP contribution is 2.30. The average molecular weight is 322 g/mol. The Morgan fingerprint density at radius 2 is 1.71 bits per heavy atom. The number of hydrogen-bond acceptors (Lipinski definition) is 5. The van der Waals surface area contributed by atoms with E-state index in [9.17, 15) is 10.2 Å². The maximum Gasteiger partial charge on any atom is 0.182 e. The molecule has 0 amide bonds. The van der Waals surface area contributed by atoms with Gasteiger partial charge in [0.2, 0.25) is 0 Å². The number of anilines is 2. The van der Waals surface area contributed by atoms with Gasteiger partial charge in [0.15, 0.2) is 6.29 Å². The van der Waals surface area contributed by atoms with E-state index < -0.39 is 6.29 Å². The van der Waals surface area contributed by atoms with Gasteiger partial charge in [-0.15, -0.1) is 0 Å². The molecule has 3 aromatic rings. The van der Waals surface area contributed by atoms with Crippen LogP contribution in [0.3, 0.4) is 0 Å². The monoisotopic (exact) mass is 322 g/mol. The first-order valence-electron chi connectivity index (χ1n) is 7.50. The maximum atomic E-state index is 9.51. The van der Waals surface area contributed by atoms with Crippen LogP contribution in [0, 0.1) is 0 Å². The summed E-state index contributed by atoms with van der Waals surface area (Å²) >= 11 is 0. The van der Waals surface area contributed by atoms with Crippen molar-refractivity contribution in [2.45, 2.75) is 6.29 Å². The molecule has 5 heteroatoms. The number of ether oxygens (including phenoxy) is 1. The molecule has 0 atom stereocenters. The first kappa shape index (κ1) is 16.0. The number of aliphatic hydroxyl groups excluding tert-OH is 1. The number of para-hydroxylation sites is 1. The zero-order valence-corrected chi connectivity index (χ0v) is 13.2. The average Bonchev–Trinajstić information content (AvgIpc) is 2.62. The van der Waals surface area contributed by atoms with Crippen LogP contribution in [0.2, 0.25) is 0 Å². The molecule has 0 aliphatic heterocycles. The Kier molecular flexibility index (Phi) is 4.74. The number of rotatable bonds is 5. The largest absolute Gasteiger partial charge is 0.496 e. The van der Waals surface area contributed by atoms with Gasteiger partial charge < -0.3 is 20.3 Å². The van der Waals surface area contributed by atoms with Crippen molar-refractivity contribution in [2.75, 3.05) is 12.4 Å². The highest BCUT2D eigenvalue weighted by molar-refractivity contribution is 5.70. The molecule has 0 aliphatic carbocycles. The lowest BCUT2D eigenvalue weighted by molar-refractivity contribution is -0.0438. The standard InChI is InChI=1S/C19H18N2O3/c1-24-17-8-7-13(11-16(17)19(22)23)14-9-10-20-18(12-14)21-15-5-3-2-4-6-15/h2-12,19,22-23H,1H3,(H,20,21). The van der Waals surface area contributed by atoms with Gasteiger partial charge in [-0.2, -0.15) is 0 Å². The Morgan fingerprint density at radius 1 is 0.958 bits per heavy atom. The first-order chi connectivity index (χ1) is 11.7. The predicted molar refractivity (Wildman–Crippen MR) is 93.1 cm³/mol. The molecule has 2 aromatic carbocycles. The summed E-state index contributed by atoms with van der Waals surface area (Å²) in [5.74, 6) is 1.14. The van der Waals surface area contributed by atoms with Crippen LogP contribution in [0.5, 0.6) is 5.75 Å². The summed E-state index contributed by atoms with van der Waals surface area (Å²) in [6.07, 6.45) is 0.114. The van der Waals surface area contributed by atoms with E-state index in [-0.39, 0.29) is 0 Å². The zero-order chi connectivity index (χ0) is 16.9. The molecule has 0 saturated heterocycles. The van der Waals surface area contributed by atoms with Gasteiger partial charge in [0, 0.05) is 17.4 Å². The SMILES string of the molecule is COc1ccc(-c2ccnc(Nc3ccccc3)c2)cc1C(O)O. The fourth-order valence-corrected chi connectivity index (χ4v) is 2.46. The minimum absolute atomic E-state index is 0.324. The van der Waals surface area contributed by atoms with E-state index in [1.807, 2.05) is 48.5 Å². The van der Waals surface area contributed by atoms with Crippen molar-refractivity contribution in [2.24, 2.45) is 0 Å². The molecular weight excluding hydrogens is 304 g/mol. The summed E-state index contributed by atoms with van der Waals surface area (Å²) in [7, 11) is 1.50. The number of benzene rings is 2. The third-order valence-corrected chi connectivity index (χ3v) is 3.65.